The average Bonchev–Trinajstić information content (AvgIpc) is 3.25. The van der Waals surface area contributed by atoms with Crippen molar-refractivity contribution in [3.8, 4) is 0 Å². The third-order valence-electron chi connectivity index (χ3n) is 8.83. The number of rotatable bonds is 9. The van der Waals surface area contributed by atoms with Gasteiger partial charge in [0.1, 0.15) is 11.3 Å². The summed E-state index contributed by atoms with van der Waals surface area (Å²) in [6, 6.07) is 5.63. The molecule has 2 fully saturated rings. The first-order chi connectivity index (χ1) is 19.0. The second-order valence-electron chi connectivity index (χ2n) is 11.3. The Bertz CT molecular complexity index is 1360. The van der Waals surface area contributed by atoms with Crippen molar-refractivity contribution in [2.24, 2.45) is 5.92 Å². The van der Waals surface area contributed by atoms with Gasteiger partial charge in [0, 0.05) is 12.1 Å². The summed E-state index contributed by atoms with van der Waals surface area (Å²) in [7, 11) is 2.03. The van der Waals surface area contributed by atoms with Crippen molar-refractivity contribution < 1.29 is 23.1 Å². The van der Waals surface area contributed by atoms with Crippen LogP contribution in [0.25, 0.3) is 11.2 Å². The van der Waals surface area contributed by atoms with Gasteiger partial charge in [-0.1, -0.05) is 43.9 Å². The number of carbonyl (C=O) groups is 1. The van der Waals surface area contributed by atoms with Gasteiger partial charge in [-0.15, -0.1) is 0 Å². The predicted molar refractivity (Wildman–Crippen MR) is 146 cm³/mol. The molecule has 2 saturated carbocycles. The summed E-state index contributed by atoms with van der Waals surface area (Å²) >= 11 is 0. The first-order valence-electron chi connectivity index (χ1n) is 14.2. The van der Waals surface area contributed by atoms with E-state index in [1.165, 1.54) is 18.6 Å². The number of nitrogens with one attached hydrogen (secondary N) is 1. The lowest BCUT2D eigenvalue weighted by Crippen LogP contribution is -2.36. The lowest BCUT2D eigenvalue weighted by Gasteiger charge is -2.35. The molecule has 5 rings (SSSR count). The van der Waals surface area contributed by atoms with Crippen molar-refractivity contribution in [1.29, 1.82) is 0 Å². The number of nitrogens with zero attached hydrogens (tertiary/aromatic N) is 5. The van der Waals surface area contributed by atoms with Crippen molar-refractivity contribution >= 4 is 23.0 Å². The molecule has 1 aromatic carbocycles. The number of anilines is 1. The van der Waals surface area contributed by atoms with Gasteiger partial charge in [-0.25, -0.2) is 19.7 Å². The normalized spacial score (nSPS) is 18.6. The number of carboxylic acids is 1. The third-order valence-corrected chi connectivity index (χ3v) is 8.83. The molecule has 2 atom stereocenters. The molecule has 0 aliphatic heterocycles. The molecule has 2 N–H and O–H groups in total. The standard InChI is InChI=1S/C29H37F3N6O2/c1-17(19-11-9-12-19)33-24-23-25(35-26(34-24)28(39)40)36-27(18(2)37(3)21-13-5-4-6-14-21)38(23)16-20-10-7-8-15-22(20)29(30,31)32/h7-8,10,15,17-19,21H,4-6,9,11-14,16H2,1-3H3,(H,39,40)(H,33,34,35)/t17-,18?/m1/s1. The topological polar surface area (TPSA) is 96.2 Å². The zero-order valence-electron chi connectivity index (χ0n) is 23.2. The maximum Gasteiger partial charge on any atom is 0.416 e. The fraction of sp³-hybridized carbons (Fsp3) is 0.586. The van der Waals surface area contributed by atoms with Crippen LogP contribution in [0.4, 0.5) is 19.0 Å². The summed E-state index contributed by atoms with van der Waals surface area (Å²) in [5.74, 6) is -0.437. The molecule has 2 aromatic heterocycles. The van der Waals surface area contributed by atoms with Crippen LogP contribution in [0.2, 0.25) is 0 Å². The number of halogens is 3. The van der Waals surface area contributed by atoms with Crippen LogP contribution < -0.4 is 5.32 Å². The van der Waals surface area contributed by atoms with E-state index in [1.807, 2.05) is 20.9 Å². The minimum absolute atomic E-state index is 0.00471. The molecule has 8 nitrogen and oxygen atoms in total. The van der Waals surface area contributed by atoms with E-state index in [4.69, 9.17) is 4.98 Å². The smallest absolute Gasteiger partial charge is 0.416 e. The van der Waals surface area contributed by atoms with Crippen LogP contribution in [0.3, 0.4) is 0 Å². The Morgan fingerprint density at radius 2 is 1.77 bits per heavy atom. The Morgan fingerprint density at radius 3 is 2.40 bits per heavy atom. The van der Waals surface area contributed by atoms with Gasteiger partial charge in [0.05, 0.1) is 18.2 Å². The molecule has 216 valence electrons. The van der Waals surface area contributed by atoms with Crippen molar-refractivity contribution in [1.82, 2.24) is 24.4 Å². The van der Waals surface area contributed by atoms with E-state index in [0.29, 0.717) is 23.3 Å². The van der Waals surface area contributed by atoms with Gasteiger partial charge in [0.2, 0.25) is 5.82 Å². The maximum atomic E-state index is 14.0. The minimum atomic E-state index is -4.52. The molecule has 0 bridgehead atoms. The van der Waals surface area contributed by atoms with Gasteiger partial charge >= 0.3 is 12.1 Å². The van der Waals surface area contributed by atoms with Gasteiger partial charge in [0.25, 0.3) is 0 Å². The largest absolute Gasteiger partial charge is 0.475 e. The minimum Gasteiger partial charge on any atom is -0.475 e. The van der Waals surface area contributed by atoms with Crippen molar-refractivity contribution in [3.63, 3.8) is 0 Å². The average molecular weight is 559 g/mol. The Morgan fingerprint density at radius 1 is 1.07 bits per heavy atom. The van der Waals surface area contributed by atoms with Crippen LogP contribution in [0, 0.1) is 5.92 Å². The van der Waals surface area contributed by atoms with Crippen LogP contribution in [0.15, 0.2) is 24.3 Å². The van der Waals surface area contributed by atoms with Crippen molar-refractivity contribution in [2.75, 3.05) is 12.4 Å². The lowest BCUT2D eigenvalue weighted by atomic mass is 9.80. The van der Waals surface area contributed by atoms with Crippen LogP contribution in [-0.4, -0.2) is 54.6 Å². The highest BCUT2D eigenvalue weighted by atomic mass is 19.4. The molecule has 2 aliphatic carbocycles. The summed E-state index contributed by atoms with van der Waals surface area (Å²) in [4.78, 5) is 27.6. The Hall–Kier alpha value is -3.21. The quantitative estimate of drug-likeness (QED) is 0.309. The third kappa shape index (κ3) is 5.66. The molecule has 1 unspecified atom stereocenters. The summed E-state index contributed by atoms with van der Waals surface area (Å²) in [6.07, 6.45) is 4.30. The zero-order valence-corrected chi connectivity index (χ0v) is 23.2. The van der Waals surface area contributed by atoms with Gasteiger partial charge < -0.3 is 15.0 Å². The summed E-state index contributed by atoms with van der Waals surface area (Å²) in [6.45, 7) is 3.92. The number of carboxylic acid groups (broad SMARTS) is 1. The van der Waals surface area contributed by atoms with Crippen LogP contribution >= 0.6 is 0 Å². The number of aromatic carboxylic acids is 1. The monoisotopic (exact) mass is 558 g/mol. The van der Waals surface area contributed by atoms with E-state index in [9.17, 15) is 23.1 Å². The van der Waals surface area contributed by atoms with Gasteiger partial charge in [-0.3, -0.25) is 4.90 Å². The van der Waals surface area contributed by atoms with Crippen LogP contribution in [0.1, 0.15) is 98.8 Å². The number of hydrogen-bond acceptors (Lipinski definition) is 6. The van der Waals surface area contributed by atoms with E-state index >= 15 is 0 Å². The number of alkyl halides is 3. The maximum absolute atomic E-state index is 14.0. The first kappa shape index (κ1) is 28.3. The van der Waals surface area contributed by atoms with Crippen LogP contribution in [-0.2, 0) is 12.7 Å². The number of aromatic nitrogens is 4. The molecule has 2 heterocycles. The molecule has 0 spiro atoms. The number of hydrogen-bond donors (Lipinski definition) is 2. The van der Waals surface area contributed by atoms with Crippen LogP contribution in [0.5, 0.6) is 0 Å². The number of benzene rings is 1. The van der Waals surface area contributed by atoms with E-state index in [1.54, 1.807) is 10.6 Å². The molecular formula is C29H37F3N6O2. The fourth-order valence-corrected chi connectivity index (χ4v) is 6.09. The van der Waals surface area contributed by atoms with E-state index in [0.717, 1.165) is 51.0 Å². The summed E-state index contributed by atoms with van der Waals surface area (Å²) in [5, 5.41) is 13.1. The fourth-order valence-electron chi connectivity index (χ4n) is 6.09. The molecule has 2 aliphatic rings. The van der Waals surface area contributed by atoms with Crippen molar-refractivity contribution in [3.05, 3.63) is 47.0 Å². The number of fused-ring (bicyclic) bond motifs is 1. The SMILES string of the molecule is CC(c1nc2nc(C(=O)O)nc(N[C@H](C)C3CCC3)c2n1Cc1ccccc1C(F)(F)F)N(C)C1CCCCC1. The highest BCUT2D eigenvalue weighted by Crippen LogP contribution is 2.37. The van der Waals surface area contributed by atoms with E-state index in [-0.39, 0.29) is 35.7 Å². The van der Waals surface area contributed by atoms with Gasteiger partial charge in [0.15, 0.2) is 11.5 Å². The van der Waals surface area contributed by atoms with E-state index in [2.05, 4.69) is 20.2 Å². The van der Waals surface area contributed by atoms with E-state index < -0.39 is 23.5 Å². The molecule has 0 amide bonds. The number of imidazole rings is 1. The van der Waals surface area contributed by atoms with Gasteiger partial charge in [-0.2, -0.15) is 13.2 Å². The summed E-state index contributed by atoms with van der Waals surface area (Å²) in [5.41, 5.74) is -0.0222. The molecule has 40 heavy (non-hydrogen) atoms. The lowest BCUT2D eigenvalue weighted by molar-refractivity contribution is -0.138. The highest BCUT2D eigenvalue weighted by Gasteiger charge is 2.35. The Kier molecular flexibility index (Phi) is 8.03. The Balaban J connectivity index is 1.67. The second-order valence-corrected chi connectivity index (χ2v) is 11.3. The molecule has 11 heteroatoms. The highest BCUT2D eigenvalue weighted by molar-refractivity contribution is 5.90. The summed E-state index contributed by atoms with van der Waals surface area (Å²) < 4.78 is 43.8. The second kappa shape index (κ2) is 11.3. The van der Waals surface area contributed by atoms with Crippen molar-refractivity contribution in [2.45, 2.75) is 96.1 Å². The molecular weight excluding hydrogens is 521 g/mol. The molecule has 0 saturated heterocycles. The molecule has 3 aromatic rings. The van der Waals surface area contributed by atoms with Gasteiger partial charge in [-0.05, 0) is 64.1 Å². The zero-order chi connectivity index (χ0) is 28.6. The Labute approximate surface area is 232 Å². The molecule has 0 radical (unpaired) electrons. The predicted octanol–water partition coefficient (Wildman–Crippen LogP) is 6.52. The first-order valence-corrected chi connectivity index (χ1v) is 14.2.